The van der Waals surface area contributed by atoms with Crippen LogP contribution in [0.4, 0.5) is 4.39 Å². The number of rotatable bonds is 5. The number of nitrogens with zero attached hydrogens (tertiary/aromatic N) is 4. The molecular formula is C16H19ClFN5O. The van der Waals surface area contributed by atoms with Crippen LogP contribution in [0.5, 0.6) is 0 Å². The zero-order valence-corrected chi connectivity index (χ0v) is 13.9. The molecular weight excluding hydrogens is 333 g/mol. The molecule has 0 bridgehead atoms. The van der Waals surface area contributed by atoms with Gasteiger partial charge in [-0.25, -0.2) is 4.39 Å². The predicted molar refractivity (Wildman–Crippen MR) is 88.8 cm³/mol. The van der Waals surface area contributed by atoms with Crippen molar-refractivity contribution in [2.45, 2.75) is 19.4 Å². The smallest absolute Gasteiger partial charge is 0.221 e. The van der Waals surface area contributed by atoms with Crippen molar-refractivity contribution in [3.63, 3.8) is 0 Å². The van der Waals surface area contributed by atoms with E-state index in [1.54, 1.807) is 16.9 Å². The van der Waals surface area contributed by atoms with Gasteiger partial charge in [0, 0.05) is 18.7 Å². The molecule has 0 unspecified atom stereocenters. The Labute approximate surface area is 144 Å². The average molecular weight is 352 g/mol. The van der Waals surface area contributed by atoms with Crippen molar-refractivity contribution in [1.29, 1.82) is 0 Å². The first kappa shape index (κ1) is 16.9. The van der Waals surface area contributed by atoms with Gasteiger partial charge in [-0.1, -0.05) is 16.8 Å². The maximum Gasteiger partial charge on any atom is 0.221 e. The number of nitrogens with two attached hydrogens (primary N) is 1. The molecule has 3 rings (SSSR count). The van der Waals surface area contributed by atoms with Crippen molar-refractivity contribution in [2.24, 2.45) is 11.7 Å². The second-order valence-electron chi connectivity index (χ2n) is 6.04. The van der Waals surface area contributed by atoms with E-state index in [0.717, 1.165) is 31.5 Å². The summed E-state index contributed by atoms with van der Waals surface area (Å²) in [5, 5.41) is 8.26. The van der Waals surface area contributed by atoms with E-state index in [2.05, 4.69) is 15.2 Å². The maximum atomic E-state index is 13.2. The molecule has 8 heteroatoms. The van der Waals surface area contributed by atoms with E-state index in [4.69, 9.17) is 17.3 Å². The number of piperidine rings is 1. The third-order valence-electron chi connectivity index (χ3n) is 4.31. The fraction of sp³-hybridized carbons (Fsp3) is 0.438. The molecule has 1 aromatic heterocycles. The first-order valence-corrected chi connectivity index (χ1v) is 8.28. The molecule has 24 heavy (non-hydrogen) atoms. The van der Waals surface area contributed by atoms with Gasteiger partial charge in [0.25, 0.3) is 0 Å². The number of aromatic nitrogens is 3. The fourth-order valence-corrected chi connectivity index (χ4v) is 3.11. The number of hydrogen-bond acceptors (Lipinski definition) is 4. The number of benzene rings is 1. The average Bonchev–Trinajstić information content (AvgIpc) is 3.05. The highest BCUT2D eigenvalue weighted by Gasteiger charge is 2.23. The molecule has 1 aliphatic rings. The molecule has 2 N–H and O–H groups in total. The minimum Gasteiger partial charge on any atom is -0.369 e. The van der Waals surface area contributed by atoms with Gasteiger partial charge < -0.3 is 10.6 Å². The Kier molecular flexibility index (Phi) is 5.11. The maximum absolute atomic E-state index is 13.2. The second-order valence-corrected chi connectivity index (χ2v) is 6.45. The molecule has 2 aromatic rings. The Morgan fingerprint density at radius 3 is 3.00 bits per heavy atom. The van der Waals surface area contributed by atoms with Gasteiger partial charge in [0.05, 0.1) is 23.7 Å². The Balaban J connectivity index is 1.60. The summed E-state index contributed by atoms with van der Waals surface area (Å²) in [6.07, 6.45) is 3.65. The number of carbonyl (C=O) groups is 1. The van der Waals surface area contributed by atoms with Gasteiger partial charge in [0.15, 0.2) is 0 Å². The molecule has 1 amide bonds. The van der Waals surface area contributed by atoms with Crippen molar-refractivity contribution in [2.75, 3.05) is 19.6 Å². The molecule has 0 saturated carbocycles. The first-order valence-electron chi connectivity index (χ1n) is 7.90. The highest BCUT2D eigenvalue weighted by Crippen LogP contribution is 2.23. The Bertz CT molecular complexity index is 735. The topological polar surface area (TPSA) is 77.0 Å². The minimum absolute atomic E-state index is 0.0628. The summed E-state index contributed by atoms with van der Waals surface area (Å²) in [6.45, 7) is 3.09. The summed E-state index contributed by atoms with van der Waals surface area (Å²) in [5.74, 6) is -0.746. The van der Waals surface area contributed by atoms with Crippen LogP contribution in [0.15, 0.2) is 24.4 Å². The third-order valence-corrected chi connectivity index (χ3v) is 4.60. The molecule has 0 aliphatic carbocycles. The third kappa shape index (κ3) is 3.91. The lowest BCUT2D eigenvalue weighted by Crippen LogP contribution is -2.42. The van der Waals surface area contributed by atoms with E-state index in [1.165, 1.54) is 12.1 Å². The summed E-state index contributed by atoms with van der Waals surface area (Å²) in [6, 6.07) is 4.47. The lowest BCUT2D eigenvalue weighted by Gasteiger charge is -2.30. The normalized spacial score (nSPS) is 18.7. The van der Waals surface area contributed by atoms with Crippen molar-refractivity contribution < 1.29 is 9.18 Å². The van der Waals surface area contributed by atoms with Gasteiger partial charge in [-0.05, 0) is 37.6 Å². The van der Waals surface area contributed by atoms with Gasteiger partial charge in [-0.3, -0.25) is 9.48 Å². The minimum atomic E-state index is -0.457. The summed E-state index contributed by atoms with van der Waals surface area (Å²) >= 11 is 5.80. The van der Waals surface area contributed by atoms with Crippen LogP contribution >= 0.6 is 11.6 Å². The van der Waals surface area contributed by atoms with E-state index in [1.807, 2.05) is 0 Å². The number of likely N-dealkylation sites (tertiary alicyclic amines) is 1. The number of amides is 1. The summed E-state index contributed by atoms with van der Waals surface area (Å²) in [5.41, 5.74) is 6.76. The van der Waals surface area contributed by atoms with Crippen molar-refractivity contribution in [3.8, 4) is 11.3 Å². The zero-order chi connectivity index (χ0) is 17.1. The van der Waals surface area contributed by atoms with E-state index >= 15 is 0 Å². The van der Waals surface area contributed by atoms with Crippen LogP contribution in [0.1, 0.15) is 12.8 Å². The van der Waals surface area contributed by atoms with Gasteiger partial charge in [-0.2, -0.15) is 0 Å². The monoisotopic (exact) mass is 351 g/mol. The van der Waals surface area contributed by atoms with Crippen molar-refractivity contribution >= 4 is 17.5 Å². The molecule has 1 aromatic carbocycles. The highest BCUT2D eigenvalue weighted by atomic mass is 35.5. The molecule has 0 spiro atoms. The van der Waals surface area contributed by atoms with Crippen molar-refractivity contribution in [1.82, 2.24) is 19.9 Å². The first-order chi connectivity index (χ1) is 11.5. The van der Waals surface area contributed by atoms with Crippen LogP contribution in [0.25, 0.3) is 11.3 Å². The summed E-state index contributed by atoms with van der Waals surface area (Å²) < 4.78 is 15.0. The highest BCUT2D eigenvalue weighted by molar-refractivity contribution is 6.31. The van der Waals surface area contributed by atoms with E-state index in [-0.39, 0.29) is 16.8 Å². The molecule has 6 nitrogen and oxygen atoms in total. The van der Waals surface area contributed by atoms with Crippen molar-refractivity contribution in [3.05, 3.63) is 35.2 Å². The largest absolute Gasteiger partial charge is 0.369 e. The van der Waals surface area contributed by atoms with Crippen LogP contribution < -0.4 is 5.73 Å². The molecule has 1 fully saturated rings. The number of primary amides is 1. The lowest BCUT2D eigenvalue weighted by molar-refractivity contribution is -0.123. The van der Waals surface area contributed by atoms with E-state index in [0.29, 0.717) is 18.8 Å². The number of hydrogen-bond donors (Lipinski definition) is 1. The Hall–Kier alpha value is -1.99. The van der Waals surface area contributed by atoms with Gasteiger partial charge in [0.1, 0.15) is 11.5 Å². The number of halogens is 2. The van der Waals surface area contributed by atoms with Crippen LogP contribution in [0.3, 0.4) is 0 Å². The standard InChI is InChI=1S/C16H19ClFN5O/c17-13-8-11(3-4-14(13)18)15-10-23(21-20-15)7-6-22-5-1-2-12(9-22)16(19)24/h3-4,8,10,12H,1-2,5-7,9H2,(H2,19,24)/t12-/m0/s1. The molecule has 128 valence electrons. The molecule has 1 aliphatic heterocycles. The van der Waals surface area contributed by atoms with Crippen LogP contribution in [-0.2, 0) is 11.3 Å². The predicted octanol–water partition coefficient (Wildman–Crippen LogP) is 1.93. The van der Waals surface area contributed by atoms with Gasteiger partial charge in [0.2, 0.25) is 5.91 Å². The molecule has 1 atom stereocenters. The fourth-order valence-electron chi connectivity index (χ4n) is 2.93. The van der Waals surface area contributed by atoms with E-state index in [9.17, 15) is 9.18 Å². The summed E-state index contributed by atoms with van der Waals surface area (Å²) in [4.78, 5) is 13.5. The van der Waals surface area contributed by atoms with Crippen LogP contribution in [-0.4, -0.2) is 45.4 Å². The van der Waals surface area contributed by atoms with Gasteiger partial charge in [-0.15, -0.1) is 5.10 Å². The van der Waals surface area contributed by atoms with Gasteiger partial charge >= 0.3 is 0 Å². The SMILES string of the molecule is NC(=O)[C@H]1CCCN(CCn2cc(-c3ccc(F)c(Cl)c3)nn2)C1. The Morgan fingerprint density at radius 1 is 1.42 bits per heavy atom. The molecule has 0 radical (unpaired) electrons. The van der Waals surface area contributed by atoms with Crippen LogP contribution in [0.2, 0.25) is 5.02 Å². The van der Waals surface area contributed by atoms with Crippen LogP contribution in [0, 0.1) is 11.7 Å². The summed E-state index contributed by atoms with van der Waals surface area (Å²) in [7, 11) is 0. The lowest BCUT2D eigenvalue weighted by atomic mass is 9.97. The molecule has 1 saturated heterocycles. The Morgan fingerprint density at radius 2 is 2.25 bits per heavy atom. The quantitative estimate of drug-likeness (QED) is 0.893. The second kappa shape index (κ2) is 7.27. The zero-order valence-electron chi connectivity index (χ0n) is 13.2. The van der Waals surface area contributed by atoms with E-state index < -0.39 is 5.82 Å². The number of carbonyl (C=O) groups excluding carboxylic acids is 1. The molecule has 2 heterocycles.